The topological polar surface area (TPSA) is 69.6 Å². The molecule has 0 aromatic rings. The minimum atomic E-state index is -0.744. The molecule has 0 unspecified atom stereocenters. The van der Waals surface area contributed by atoms with Crippen LogP contribution in [0.5, 0.6) is 0 Å². The average molecular weight is 254 g/mol. The van der Waals surface area contributed by atoms with Gasteiger partial charge in [0.25, 0.3) is 0 Å². The Morgan fingerprint density at radius 3 is 2.61 bits per heavy atom. The standard InChI is InChI=1S/C13H22N2O3/c1-2-3-4-7-14-10-12(16)15-8-5-11(6-9-15)13(17)18/h2-3,11,14H,4-10H2,1H3,(H,17,18)/b3-2+. The Balaban J connectivity index is 2.17. The zero-order valence-electron chi connectivity index (χ0n) is 10.9. The van der Waals surface area contributed by atoms with Crippen molar-refractivity contribution < 1.29 is 14.7 Å². The predicted octanol–water partition coefficient (Wildman–Crippen LogP) is 0.865. The van der Waals surface area contributed by atoms with E-state index in [1.165, 1.54) is 0 Å². The first-order chi connectivity index (χ1) is 8.65. The molecule has 1 fully saturated rings. The van der Waals surface area contributed by atoms with Gasteiger partial charge >= 0.3 is 5.97 Å². The summed E-state index contributed by atoms with van der Waals surface area (Å²) >= 11 is 0. The first-order valence-electron chi connectivity index (χ1n) is 6.47. The third-order valence-electron chi connectivity index (χ3n) is 3.20. The molecular weight excluding hydrogens is 232 g/mol. The maximum atomic E-state index is 11.8. The molecule has 5 heteroatoms. The highest BCUT2D eigenvalue weighted by Crippen LogP contribution is 2.16. The highest BCUT2D eigenvalue weighted by molar-refractivity contribution is 5.78. The maximum Gasteiger partial charge on any atom is 0.306 e. The number of rotatable bonds is 6. The van der Waals surface area contributed by atoms with Crippen LogP contribution in [-0.2, 0) is 9.59 Å². The lowest BCUT2D eigenvalue weighted by molar-refractivity contribution is -0.145. The number of carbonyl (C=O) groups is 2. The van der Waals surface area contributed by atoms with Crippen molar-refractivity contribution in [1.82, 2.24) is 10.2 Å². The number of allylic oxidation sites excluding steroid dienone is 1. The van der Waals surface area contributed by atoms with Crippen LogP contribution in [0, 0.1) is 5.92 Å². The highest BCUT2D eigenvalue weighted by Gasteiger charge is 2.26. The number of hydrogen-bond donors (Lipinski definition) is 2. The van der Waals surface area contributed by atoms with Crippen molar-refractivity contribution in [3.8, 4) is 0 Å². The molecule has 2 N–H and O–H groups in total. The number of aliphatic carboxylic acids is 1. The Kier molecular flexibility index (Phi) is 6.43. The first kappa shape index (κ1) is 14.7. The summed E-state index contributed by atoms with van der Waals surface area (Å²) in [4.78, 5) is 24.3. The van der Waals surface area contributed by atoms with Crippen LogP contribution in [-0.4, -0.2) is 48.1 Å². The molecule has 0 atom stereocenters. The van der Waals surface area contributed by atoms with E-state index < -0.39 is 5.97 Å². The molecular formula is C13H22N2O3. The second-order valence-electron chi connectivity index (χ2n) is 4.53. The number of carboxylic acids is 1. The van der Waals surface area contributed by atoms with E-state index in [0.717, 1.165) is 13.0 Å². The molecule has 1 rings (SSSR count). The van der Waals surface area contributed by atoms with Crippen LogP contribution in [0.15, 0.2) is 12.2 Å². The van der Waals surface area contributed by atoms with Crippen molar-refractivity contribution in [2.75, 3.05) is 26.2 Å². The van der Waals surface area contributed by atoms with Gasteiger partial charge in [0.1, 0.15) is 0 Å². The van der Waals surface area contributed by atoms with Gasteiger partial charge in [-0.1, -0.05) is 12.2 Å². The minimum Gasteiger partial charge on any atom is -0.481 e. The summed E-state index contributed by atoms with van der Waals surface area (Å²) in [6, 6.07) is 0. The van der Waals surface area contributed by atoms with E-state index in [1.807, 2.05) is 13.0 Å². The van der Waals surface area contributed by atoms with Crippen LogP contribution < -0.4 is 5.32 Å². The maximum absolute atomic E-state index is 11.8. The molecule has 0 saturated carbocycles. The van der Waals surface area contributed by atoms with Crippen LogP contribution in [0.3, 0.4) is 0 Å². The van der Waals surface area contributed by atoms with Gasteiger partial charge in [-0.2, -0.15) is 0 Å². The Hall–Kier alpha value is -1.36. The molecule has 0 bridgehead atoms. The summed E-state index contributed by atoms with van der Waals surface area (Å²) in [7, 11) is 0. The van der Waals surface area contributed by atoms with E-state index in [1.54, 1.807) is 4.90 Å². The Morgan fingerprint density at radius 1 is 1.39 bits per heavy atom. The van der Waals surface area contributed by atoms with Crippen LogP contribution in [0.2, 0.25) is 0 Å². The van der Waals surface area contributed by atoms with Gasteiger partial charge in [0.15, 0.2) is 0 Å². The third kappa shape index (κ3) is 4.87. The van der Waals surface area contributed by atoms with Crippen LogP contribution >= 0.6 is 0 Å². The van der Waals surface area contributed by atoms with E-state index in [2.05, 4.69) is 11.4 Å². The molecule has 0 radical (unpaired) electrons. The third-order valence-corrected chi connectivity index (χ3v) is 3.20. The summed E-state index contributed by atoms with van der Waals surface area (Å²) < 4.78 is 0. The molecule has 1 saturated heterocycles. The second kappa shape index (κ2) is 7.87. The molecule has 1 aliphatic heterocycles. The zero-order chi connectivity index (χ0) is 13.4. The smallest absolute Gasteiger partial charge is 0.306 e. The van der Waals surface area contributed by atoms with E-state index in [0.29, 0.717) is 32.5 Å². The average Bonchev–Trinajstić information content (AvgIpc) is 2.38. The molecule has 1 amide bonds. The second-order valence-corrected chi connectivity index (χ2v) is 4.53. The lowest BCUT2D eigenvalue weighted by atomic mass is 9.97. The summed E-state index contributed by atoms with van der Waals surface area (Å²) in [5.74, 6) is -0.956. The van der Waals surface area contributed by atoms with E-state index in [4.69, 9.17) is 5.11 Å². The summed E-state index contributed by atoms with van der Waals surface area (Å²) in [6.45, 7) is 4.23. The van der Waals surface area contributed by atoms with Gasteiger partial charge in [-0.25, -0.2) is 0 Å². The molecule has 0 spiro atoms. The molecule has 1 heterocycles. The number of carboxylic acid groups (broad SMARTS) is 1. The van der Waals surface area contributed by atoms with E-state index in [9.17, 15) is 9.59 Å². The van der Waals surface area contributed by atoms with Crippen LogP contribution in [0.1, 0.15) is 26.2 Å². The van der Waals surface area contributed by atoms with Gasteiger partial charge in [0, 0.05) is 13.1 Å². The summed E-state index contributed by atoms with van der Waals surface area (Å²) in [5.41, 5.74) is 0. The van der Waals surface area contributed by atoms with Gasteiger partial charge in [-0.3, -0.25) is 9.59 Å². The molecule has 0 aromatic heterocycles. The van der Waals surface area contributed by atoms with Crippen molar-refractivity contribution in [3.63, 3.8) is 0 Å². The predicted molar refractivity (Wildman–Crippen MR) is 69.2 cm³/mol. The van der Waals surface area contributed by atoms with Gasteiger partial charge in [-0.05, 0) is 32.7 Å². The Bertz CT molecular complexity index is 307. The van der Waals surface area contributed by atoms with Crippen molar-refractivity contribution >= 4 is 11.9 Å². The fourth-order valence-corrected chi connectivity index (χ4v) is 2.04. The van der Waals surface area contributed by atoms with Crippen LogP contribution in [0.4, 0.5) is 0 Å². The lowest BCUT2D eigenvalue weighted by Crippen LogP contribution is -2.44. The summed E-state index contributed by atoms with van der Waals surface area (Å²) in [5, 5.41) is 12.0. The van der Waals surface area contributed by atoms with Crippen LogP contribution in [0.25, 0.3) is 0 Å². The number of likely N-dealkylation sites (tertiary alicyclic amines) is 1. The number of nitrogens with zero attached hydrogens (tertiary/aromatic N) is 1. The Labute approximate surface area is 108 Å². The number of amides is 1. The number of carbonyl (C=O) groups excluding carboxylic acids is 1. The van der Waals surface area contributed by atoms with Gasteiger partial charge in [0.05, 0.1) is 12.5 Å². The monoisotopic (exact) mass is 254 g/mol. The van der Waals surface area contributed by atoms with Gasteiger partial charge < -0.3 is 15.3 Å². The van der Waals surface area contributed by atoms with Crippen molar-refractivity contribution in [1.29, 1.82) is 0 Å². The molecule has 18 heavy (non-hydrogen) atoms. The van der Waals surface area contributed by atoms with Crippen molar-refractivity contribution in [2.24, 2.45) is 5.92 Å². The van der Waals surface area contributed by atoms with Gasteiger partial charge in [0.2, 0.25) is 5.91 Å². The fourth-order valence-electron chi connectivity index (χ4n) is 2.04. The zero-order valence-corrected chi connectivity index (χ0v) is 10.9. The normalized spacial score (nSPS) is 17.3. The highest BCUT2D eigenvalue weighted by atomic mass is 16.4. The minimum absolute atomic E-state index is 0.0688. The Morgan fingerprint density at radius 2 is 2.06 bits per heavy atom. The quantitative estimate of drug-likeness (QED) is 0.545. The molecule has 0 aromatic carbocycles. The molecule has 5 nitrogen and oxygen atoms in total. The number of nitrogens with one attached hydrogen (secondary N) is 1. The largest absolute Gasteiger partial charge is 0.481 e. The summed E-state index contributed by atoms with van der Waals surface area (Å²) in [6.07, 6.45) is 6.10. The molecule has 0 aliphatic carbocycles. The van der Waals surface area contributed by atoms with Crippen molar-refractivity contribution in [2.45, 2.75) is 26.2 Å². The number of hydrogen-bond acceptors (Lipinski definition) is 3. The van der Waals surface area contributed by atoms with E-state index >= 15 is 0 Å². The molecule has 1 aliphatic rings. The van der Waals surface area contributed by atoms with Crippen molar-refractivity contribution in [3.05, 3.63) is 12.2 Å². The fraction of sp³-hybridized carbons (Fsp3) is 0.692. The van der Waals surface area contributed by atoms with Gasteiger partial charge in [-0.15, -0.1) is 0 Å². The SMILES string of the molecule is C/C=C/CCNCC(=O)N1CCC(C(=O)O)CC1. The first-order valence-corrected chi connectivity index (χ1v) is 6.47. The van der Waals surface area contributed by atoms with E-state index in [-0.39, 0.29) is 11.8 Å². The lowest BCUT2D eigenvalue weighted by Gasteiger charge is -2.30. The number of piperidine rings is 1. The molecule has 102 valence electrons.